The molecule has 1 amide bonds. The summed E-state index contributed by atoms with van der Waals surface area (Å²) in [6, 6.07) is 7.47. The van der Waals surface area contributed by atoms with E-state index in [1.54, 1.807) is 18.5 Å². The summed E-state index contributed by atoms with van der Waals surface area (Å²) < 4.78 is 0.983. The summed E-state index contributed by atoms with van der Waals surface area (Å²) in [6.45, 7) is 1.95. The molecule has 0 saturated heterocycles. The normalized spacial score (nSPS) is 10.4. The van der Waals surface area contributed by atoms with Gasteiger partial charge in [-0.2, -0.15) is 0 Å². The summed E-state index contributed by atoms with van der Waals surface area (Å²) in [5, 5.41) is 8.42. The molecule has 24 heavy (non-hydrogen) atoms. The fraction of sp³-hybridized carbons (Fsp3) is 0.125. The van der Waals surface area contributed by atoms with Crippen molar-refractivity contribution in [1.82, 2.24) is 15.0 Å². The molecule has 3 rings (SSSR count). The molecule has 0 fully saturated rings. The molecule has 2 aromatic heterocycles. The van der Waals surface area contributed by atoms with E-state index in [1.807, 2.05) is 30.5 Å². The number of thiazole rings is 1. The third-order valence-electron chi connectivity index (χ3n) is 3.14. The molecular formula is C16H14BrN5OS. The van der Waals surface area contributed by atoms with Crippen LogP contribution in [0.4, 0.5) is 16.8 Å². The van der Waals surface area contributed by atoms with Crippen molar-refractivity contribution in [1.29, 1.82) is 0 Å². The first-order chi connectivity index (χ1) is 11.6. The van der Waals surface area contributed by atoms with Crippen LogP contribution in [-0.2, 0) is 11.2 Å². The van der Waals surface area contributed by atoms with Gasteiger partial charge in [-0.3, -0.25) is 4.79 Å². The van der Waals surface area contributed by atoms with E-state index < -0.39 is 0 Å². The molecular weight excluding hydrogens is 390 g/mol. The van der Waals surface area contributed by atoms with Gasteiger partial charge in [0.2, 0.25) is 11.9 Å². The predicted molar refractivity (Wildman–Crippen MR) is 98.6 cm³/mol. The third kappa shape index (κ3) is 4.36. The molecule has 1 aromatic carbocycles. The van der Waals surface area contributed by atoms with Gasteiger partial charge in [0.25, 0.3) is 0 Å². The first-order valence-electron chi connectivity index (χ1n) is 7.14. The van der Waals surface area contributed by atoms with Gasteiger partial charge in [-0.1, -0.05) is 15.9 Å². The first-order valence-corrected chi connectivity index (χ1v) is 8.82. The molecule has 0 spiro atoms. The topological polar surface area (TPSA) is 79.8 Å². The monoisotopic (exact) mass is 403 g/mol. The zero-order valence-corrected chi connectivity index (χ0v) is 15.2. The highest BCUT2D eigenvalue weighted by Crippen LogP contribution is 2.21. The Bertz CT molecular complexity index is 853. The maximum atomic E-state index is 12.2. The van der Waals surface area contributed by atoms with Crippen LogP contribution in [0.15, 0.2) is 46.5 Å². The number of aryl methyl sites for hydroxylation is 1. The minimum atomic E-state index is -0.103. The van der Waals surface area contributed by atoms with Gasteiger partial charge in [0.15, 0.2) is 5.13 Å². The van der Waals surface area contributed by atoms with Crippen molar-refractivity contribution >= 4 is 49.9 Å². The number of anilines is 3. The van der Waals surface area contributed by atoms with Crippen molar-refractivity contribution in [2.75, 3.05) is 10.6 Å². The number of nitrogens with one attached hydrogen (secondary N) is 2. The summed E-state index contributed by atoms with van der Waals surface area (Å²) in [5.41, 5.74) is 2.50. The second-order valence-corrected chi connectivity index (χ2v) is 6.80. The van der Waals surface area contributed by atoms with E-state index in [0.29, 0.717) is 16.8 Å². The highest BCUT2D eigenvalue weighted by molar-refractivity contribution is 9.10. The molecule has 2 heterocycles. The van der Waals surface area contributed by atoms with Crippen molar-refractivity contribution in [2.24, 2.45) is 0 Å². The molecule has 0 unspecified atom stereocenters. The number of carbonyl (C=O) groups excluding carboxylic acids is 1. The van der Waals surface area contributed by atoms with Crippen molar-refractivity contribution in [3.63, 3.8) is 0 Å². The van der Waals surface area contributed by atoms with Gasteiger partial charge < -0.3 is 10.6 Å². The van der Waals surface area contributed by atoms with Gasteiger partial charge in [-0.15, -0.1) is 11.3 Å². The zero-order chi connectivity index (χ0) is 16.9. The lowest BCUT2D eigenvalue weighted by molar-refractivity contribution is -0.115. The SMILES string of the molecule is Cc1cc(Br)ccc1NC(=O)Cc1csc(Nc2ncccn2)n1. The number of aromatic nitrogens is 3. The number of nitrogens with zero attached hydrogens (tertiary/aromatic N) is 3. The summed E-state index contributed by atoms with van der Waals surface area (Å²) >= 11 is 4.82. The summed E-state index contributed by atoms with van der Waals surface area (Å²) in [6.07, 6.45) is 3.51. The molecule has 0 aliphatic rings. The van der Waals surface area contributed by atoms with Gasteiger partial charge in [-0.25, -0.2) is 15.0 Å². The van der Waals surface area contributed by atoms with Crippen LogP contribution in [0, 0.1) is 6.92 Å². The quantitative estimate of drug-likeness (QED) is 0.674. The Kier molecular flexibility index (Phi) is 5.17. The molecule has 0 bridgehead atoms. The molecule has 122 valence electrons. The highest BCUT2D eigenvalue weighted by Gasteiger charge is 2.10. The summed E-state index contributed by atoms with van der Waals surface area (Å²) in [7, 11) is 0. The Balaban J connectivity index is 1.61. The van der Waals surface area contributed by atoms with Crippen LogP contribution in [0.25, 0.3) is 0 Å². The Morgan fingerprint density at radius 1 is 1.29 bits per heavy atom. The number of rotatable bonds is 5. The summed E-state index contributed by atoms with van der Waals surface area (Å²) in [5.74, 6) is 0.376. The fourth-order valence-electron chi connectivity index (χ4n) is 2.03. The van der Waals surface area contributed by atoms with Crippen LogP contribution in [0.2, 0.25) is 0 Å². The smallest absolute Gasteiger partial charge is 0.230 e. The Labute approximate surface area is 151 Å². The Morgan fingerprint density at radius 3 is 2.83 bits per heavy atom. The second kappa shape index (κ2) is 7.50. The van der Waals surface area contributed by atoms with E-state index in [0.717, 1.165) is 15.7 Å². The lowest BCUT2D eigenvalue weighted by Crippen LogP contribution is -2.15. The molecule has 0 atom stereocenters. The van der Waals surface area contributed by atoms with Crippen LogP contribution < -0.4 is 10.6 Å². The molecule has 2 N–H and O–H groups in total. The standard InChI is InChI=1S/C16H14BrN5OS/c1-10-7-11(17)3-4-13(10)21-14(23)8-12-9-24-16(20-12)22-15-18-5-2-6-19-15/h2-7,9H,8H2,1H3,(H,21,23)(H,18,19,20,22). The maximum absolute atomic E-state index is 12.2. The molecule has 0 saturated carbocycles. The molecule has 3 aromatic rings. The van der Waals surface area contributed by atoms with Crippen molar-refractivity contribution in [3.05, 3.63) is 57.8 Å². The predicted octanol–water partition coefficient (Wildman–Crippen LogP) is 3.93. The molecule has 8 heteroatoms. The van der Waals surface area contributed by atoms with E-state index in [9.17, 15) is 4.79 Å². The van der Waals surface area contributed by atoms with E-state index in [2.05, 4.69) is 41.5 Å². The van der Waals surface area contributed by atoms with E-state index in [-0.39, 0.29) is 12.3 Å². The average molecular weight is 404 g/mol. The lowest BCUT2D eigenvalue weighted by Gasteiger charge is -2.08. The number of halogens is 1. The molecule has 6 nitrogen and oxygen atoms in total. The molecule has 0 aliphatic heterocycles. The molecule has 0 aliphatic carbocycles. The van der Waals surface area contributed by atoms with Crippen LogP contribution in [-0.4, -0.2) is 20.9 Å². The Hall–Kier alpha value is -2.32. The average Bonchev–Trinajstić information content (AvgIpc) is 2.98. The number of benzene rings is 1. The van der Waals surface area contributed by atoms with Gasteiger partial charge in [0.05, 0.1) is 12.1 Å². The highest BCUT2D eigenvalue weighted by atomic mass is 79.9. The number of hydrogen-bond acceptors (Lipinski definition) is 6. The Morgan fingerprint density at radius 2 is 2.08 bits per heavy atom. The van der Waals surface area contributed by atoms with E-state index >= 15 is 0 Å². The first kappa shape index (κ1) is 16.5. The number of amides is 1. The largest absolute Gasteiger partial charge is 0.326 e. The second-order valence-electron chi connectivity index (χ2n) is 5.03. The number of carbonyl (C=O) groups is 1. The van der Waals surface area contributed by atoms with Crippen molar-refractivity contribution < 1.29 is 4.79 Å². The minimum absolute atomic E-state index is 0.103. The van der Waals surface area contributed by atoms with Crippen molar-refractivity contribution in [2.45, 2.75) is 13.3 Å². The van der Waals surface area contributed by atoms with E-state index in [1.165, 1.54) is 11.3 Å². The molecule has 0 radical (unpaired) electrons. The van der Waals surface area contributed by atoms with Gasteiger partial charge in [-0.05, 0) is 36.8 Å². The summed E-state index contributed by atoms with van der Waals surface area (Å²) in [4.78, 5) is 24.7. The van der Waals surface area contributed by atoms with Gasteiger partial charge >= 0.3 is 0 Å². The zero-order valence-electron chi connectivity index (χ0n) is 12.8. The van der Waals surface area contributed by atoms with Crippen LogP contribution >= 0.6 is 27.3 Å². The fourth-order valence-corrected chi connectivity index (χ4v) is 3.21. The number of hydrogen-bond donors (Lipinski definition) is 2. The van der Waals surface area contributed by atoms with Crippen LogP contribution in [0.5, 0.6) is 0 Å². The van der Waals surface area contributed by atoms with E-state index in [4.69, 9.17) is 0 Å². The van der Waals surface area contributed by atoms with Crippen molar-refractivity contribution in [3.8, 4) is 0 Å². The van der Waals surface area contributed by atoms with Crippen LogP contribution in [0.3, 0.4) is 0 Å². The minimum Gasteiger partial charge on any atom is -0.326 e. The maximum Gasteiger partial charge on any atom is 0.230 e. The lowest BCUT2D eigenvalue weighted by atomic mass is 10.2. The third-order valence-corrected chi connectivity index (χ3v) is 4.44. The van der Waals surface area contributed by atoms with Crippen LogP contribution in [0.1, 0.15) is 11.3 Å². The van der Waals surface area contributed by atoms with Gasteiger partial charge in [0.1, 0.15) is 0 Å². The van der Waals surface area contributed by atoms with Gasteiger partial charge in [0, 0.05) is 27.9 Å².